The Hall–Kier alpha value is -3.33. The largest absolute Gasteiger partial charge is 0.463 e. The van der Waals surface area contributed by atoms with Crippen LogP contribution in [0.25, 0.3) is 0 Å². The normalized spacial score (nSPS) is 25.1. The molecule has 2 N–H and O–H groups in total. The number of ether oxygens (including phenoxy) is 5. The second-order valence-electron chi connectivity index (χ2n) is 6.15. The fraction of sp³-hybridized carbons (Fsp3) is 0.611. The van der Waals surface area contributed by atoms with E-state index in [1.807, 2.05) is 0 Å². The third-order valence-corrected chi connectivity index (χ3v) is 3.62. The van der Waals surface area contributed by atoms with E-state index in [0.29, 0.717) is 0 Å². The fourth-order valence-electron chi connectivity index (χ4n) is 2.66. The summed E-state index contributed by atoms with van der Waals surface area (Å²) in [6.07, 6.45) is -1.50. The maximum atomic E-state index is 12.0. The predicted molar refractivity (Wildman–Crippen MR) is 97.3 cm³/mol. The van der Waals surface area contributed by atoms with E-state index in [0.717, 1.165) is 27.7 Å². The smallest absolute Gasteiger partial charge is 0.317 e. The molecule has 2 amide bonds. The van der Waals surface area contributed by atoms with E-state index in [1.54, 1.807) is 0 Å². The molecule has 0 aromatic heterocycles. The molecular weight excluding hydrogens is 404 g/mol. The quantitative estimate of drug-likeness (QED) is 0.293. The van der Waals surface area contributed by atoms with Crippen molar-refractivity contribution in [2.24, 2.45) is 0 Å². The molecular formula is C18H24N2O10. The van der Waals surface area contributed by atoms with Gasteiger partial charge in [0.25, 0.3) is 0 Å². The summed E-state index contributed by atoms with van der Waals surface area (Å²) in [4.78, 5) is 58.2. The van der Waals surface area contributed by atoms with Gasteiger partial charge in [-0.3, -0.25) is 19.2 Å². The van der Waals surface area contributed by atoms with Crippen LogP contribution < -0.4 is 10.6 Å². The molecule has 0 aliphatic carbocycles. The molecule has 0 spiro atoms. The van der Waals surface area contributed by atoms with Gasteiger partial charge in [0.05, 0.1) is 6.54 Å². The zero-order valence-electron chi connectivity index (χ0n) is 17.0. The Balaban J connectivity index is 3.29. The van der Waals surface area contributed by atoms with Gasteiger partial charge in [0.1, 0.15) is 12.7 Å². The van der Waals surface area contributed by atoms with Crippen LogP contribution in [0.1, 0.15) is 27.7 Å². The molecule has 1 rings (SSSR count). The molecule has 1 fully saturated rings. The maximum Gasteiger partial charge on any atom is 0.317 e. The van der Waals surface area contributed by atoms with E-state index in [2.05, 4.69) is 16.6 Å². The Kier molecular flexibility index (Phi) is 9.57. The van der Waals surface area contributed by atoms with Gasteiger partial charge in [-0.15, -0.1) is 6.42 Å². The van der Waals surface area contributed by atoms with Crippen molar-refractivity contribution in [1.29, 1.82) is 0 Å². The highest BCUT2D eigenvalue weighted by Crippen LogP contribution is 2.28. The number of urea groups is 1. The molecule has 0 bridgehead atoms. The topological polar surface area (TPSA) is 156 Å². The van der Waals surface area contributed by atoms with Crippen molar-refractivity contribution < 1.29 is 47.7 Å². The van der Waals surface area contributed by atoms with E-state index in [-0.39, 0.29) is 6.54 Å². The maximum absolute atomic E-state index is 12.0. The fourth-order valence-corrected chi connectivity index (χ4v) is 2.66. The number of esters is 4. The van der Waals surface area contributed by atoms with Crippen LogP contribution in [0.5, 0.6) is 0 Å². The highest BCUT2D eigenvalue weighted by molar-refractivity contribution is 5.74. The standard InChI is InChI=1S/C18H24N2O10/c1-6-7-19-18(25)20-17-16(29-12(5)24)15(28-11(4)23)14(27-10(3)22)13(30-17)8-26-9(2)21/h1,13-17H,7-8H2,2-5H3,(H2,19,20,25)/t13-,14+,15+,16-,17-/m1/s1. The van der Waals surface area contributed by atoms with E-state index >= 15 is 0 Å². The predicted octanol–water partition coefficient (Wildman–Crippen LogP) is -0.998. The van der Waals surface area contributed by atoms with Crippen LogP contribution in [0, 0.1) is 12.3 Å². The van der Waals surface area contributed by atoms with Gasteiger partial charge in [0.15, 0.2) is 24.5 Å². The minimum absolute atomic E-state index is 0.100. The lowest BCUT2D eigenvalue weighted by Crippen LogP contribution is -2.66. The second-order valence-corrected chi connectivity index (χ2v) is 6.15. The number of hydrogen-bond donors (Lipinski definition) is 2. The van der Waals surface area contributed by atoms with Crippen LogP contribution in [-0.2, 0) is 42.9 Å². The van der Waals surface area contributed by atoms with Crippen LogP contribution in [-0.4, -0.2) is 73.7 Å². The van der Waals surface area contributed by atoms with Crippen molar-refractivity contribution in [3.05, 3.63) is 0 Å². The van der Waals surface area contributed by atoms with E-state index < -0.39 is 67.2 Å². The number of rotatable bonds is 7. The van der Waals surface area contributed by atoms with Gasteiger partial charge in [-0.2, -0.15) is 0 Å². The summed E-state index contributed by atoms with van der Waals surface area (Å²) >= 11 is 0. The molecule has 1 aliphatic rings. The zero-order valence-corrected chi connectivity index (χ0v) is 17.0. The molecule has 166 valence electrons. The summed E-state index contributed by atoms with van der Waals surface area (Å²) in [6.45, 7) is 3.93. The Morgan fingerprint density at radius 2 is 1.40 bits per heavy atom. The second kappa shape index (κ2) is 11.6. The molecule has 12 nitrogen and oxygen atoms in total. The average Bonchev–Trinajstić information content (AvgIpc) is 2.62. The van der Waals surface area contributed by atoms with Crippen LogP contribution >= 0.6 is 0 Å². The molecule has 0 unspecified atom stereocenters. The summed E-state index contributed by atoms with van der Waals surface area (Å²) in [5, 5.41) is 4.72. The molecule has 0 saturated carbocycles. The van der Waals surface area contributed by atoms with Gasteiger partial charge < -0.3 is 34.3 Å². The number of nitrogens with one attached hydrogen (secondary N) is 2. The van der Waals surface area contributed by atoms with Gasteiger partial charge in [-0.25, -0.2) is 4.79 Å². The van der Waals surface area contributed by atoms with Gasteiger partial charge in [0.2, 0.25) is 0 Å². The third-order valence-electron chi connectivity index (χ3n) is 3.62. The Labute approximate surface area is 172 Å². The summed E-state index contributed by atoms with van der Waals surface area (Å²) in [5.41, 5.74) is 0. The number of carbonyl (C=O) groups excluding carboxylic acids is 5. The monoisotopic (exact) mass is 428 g/mol. The summed E-state index contributed by atoms with van der Waals surface area (Å²) < 4.78 is 26.2. The highest BCUT2D eigenvalue weighted by atomic mass is 16.7. The third kappa shape index (κ3) is 7.96. The molecule has 0 radical (unpaired) electrons. The molecule has 0 aromatic rings. The first-order valence-corrected chi connectivity index (χ1v) is 8.83. The van der Waals surface area contributed by atoms with Gasteiger partial charge in [-0.05, 0) is 0 Å². The van der Waals surface area contributed by atoms with Crippen LogP contribution in [0.15, 0.2) is 0 Å². The molecule has 1 saturated heterocycles. The first-order valence-electron chi connectivity index (χ1n) is 8.83. The number of hydrogen-bond acceptors (Lipinski definition) is 10. The van der Waals surface area contributed by atoms with Crippen molar-refractivity contribution in [2.75, 3.05) is 13.2 Å². The van der Waals surface area contributed by atoms with Gasteiger partial charge in [-0.1, -0.05) is 5.92 Å². The van der Waals surface area contributed by atoms with E-state index in [4.69, 9.17) is 30.1 Å². The molecule has 5 atom stereocenters. The van der Waals surface area contributed by atoms with Gasteiger partial charge in [0, 0.05) is 27.7 Å². The van der Waals surface area contributed by atoms with Crippen molar-refractivity contribution in [3.8, 4) is 12.3 Å². The van der Waals surface area contributed by atoms with Crippen molar-refractivity contribution in [1.82, 2.24) is 10.6 Å². The Bertz CT molecular complexity index is 716. The molecule has 0 aromatic carbocycles. The van der Waals surface area contributed by atoms with Crippen molar-refractivity contribution in [3.63, 3.8) is 0 Å². The summed E-state index contributed by atoms with van der Waals surface area (Å²) in [7, 11) is 0. The molecule has 12 heteroatoms. The van der Waals surface area contributed by atoms with Crippen LogP contribution in [0.3, 0.4) is 0 Å². The first kappa shape index (κ1) is 24.7. The first-order chi connectivity index (χ1) is 14.0. The Morgan fingerprint density at radius 3 is 1.90 bits per heavy atom. The highest BCUT2D eigenvalue weighted by Gasteiger charge is 2.52. The van der Waals surface area contributed by atoms with Gasteiger partial charge >= 0.3 is 29.9 Å². The number of amides is 2. The minimum Gasteiger partial charge on any atom is -0.463 e. The lowest BCUT2D eigenvalue weighted by molar-refractivity contribution is -0.255. The molecule has 30 heavy (non-hydrogen) atoms. The van der Waals surface area contributed by atoms with Crippen molar-refractivity contribution >= 4 is 29.9 Å². The summed E-state index contributed by atoms with van der Waals surface area (Å²) in [6, 6.07) is -0.770. The summed E-state index contributed by atoms with van der Waals surface area (Å²) in [5.74, 6) is -0.765. The van der Waals surface area contributed by atoms with E-state index in [1.165, 1.54) is 0 Å². The molecule has 1 heterocycles. The molecule has 1 aliphatic heterocycles. The Morgan fingerprint density at radius 1 is 0.867 bits per heavy atom. The van der Waals surface area contributed by atoms with E-state index in [9.17, 15) is 24.0 Å². The lowest BCUT2D eigenvalue weighted by Gasteiger charge is -2.44. The SMILES string of the molecule is C#CCNC(=O)N[C@@H]1O[C@H](COC(C)=O)[C@H](OC(C)=O)[C@H](OC(C)=O)[C@H]1OC(C)=O. The number of carbonyl (C=O) groups is 5. The van der Waals surface area contributed by atoms with Crippen LogP contribution in [0.4, 0.5) is 4.79 Å². The van der Waals surface area contributed by atoms with Crippen molar-refractivity contribution in [2.45, 2.75) is 58.3 Å². The van der Waals surface area contributed by atoms with Crippen LogP contribution in [0.2, 0.25) is 0 Å². The lowest BCUT2D eigenvalue weighted by atomic mass is 9.97. The minimum atomic E-state index is -1.39. The number of terminal acetylenes is 1. The average molecular weight is 428 g/mol. The zero-order chi connectivity index (χ0) is 22.8.